The van der Waals surface area contributed by atoms with E-state index >= 15 is 0 Å². The molecule has 1 nitrogen and oxygen atoms in total. The van der Waals surface area contributed by atoms with Crippen LogP contribution < -0.4 is 0 Å². The SMILES string of the molecule is CC(=O)CC(Sc1ccc(C)cc1)c1ccc(Cl)cc1. The zero-order valence-electron chi connectivity index (χ0n) is 11.6. The van der Waals surface area contributed by atoms with E-state index in [2.05, 4.69) is 31.2 Å². The molecule has 0 bridgehead atoms. The van der Waals surface area contributed by atoms with E-state index in [4.69, 9.17) is 11.6 Å². The standard InChI is InChI=1S/C17H17ClOS/c1-12-3-9-16(10-4-12)20-17(11-13(2)19)14-5-7-15(18)8-6-14/h3-10,17H,11H2,1-2H3. The fraction of sp³-hybridized carbons (Fsp3) is 0.235. The monoisotopic (exact) mass is 304 g/mol. The van der Waals surface area contributed by atoms with Crippen molar-refractivity contribution >= 4 is 29.1 Å². The normalized spacial score (nSPS) is 12.2. The van der Waals surface area contributed by atoms with Gasteiger partial charge in [0, 0.05) is 21.6 Å². The number of carbonyl (C=O) groups is 1. The predicted molar refractivity (Wildman–Crippen MR) is 86.5 cm³/mol. The van der Waals surface area contributed by atoms with Crippen LogP contribution in [0.25, 0.3) is 0 Å². The van der Waals surface area contributed by atoms with Crippen LogP contribution in [0, 0.1) is 6.92 Å². The Labute approximate surface area is 129 Å². The lowest BCUT2D eigenvalue weighted by Gasteiger charge is -2.16. The van der Waals surface area contributed by atoms with E-state index in [0.29, 0.717) is 6.42 Å². The Kier molecular flexibility index (Phi) is 5.27. The van der Waals surface area contributed by atoms with Gasteiger partial charge < -0.3 is 0 Å². The summed E-state index contributed by atoms with van der Waals surface area (Å²) >= 11 is 7.65. The van der Waals surface area contributed by atoms with Gasteiger partial charge in [-0.05, 0) is 43.7 Å². The second-order valence-electron chi connectivity index (χ2n) is 4.88. The Morgan fingerprint density at radius 1 is 1.10 bits per heavy atom. The van der Waals surface area contributed by atoms with Crippen molar-refractivity contribution in [3.63, 3.8) is 0 Å². The molecule has 0 saturated carbocycles. The molecule has 0 N–H and O–H groups in total. The zero-order chi connectivity index (χ0) is 14.5. The fourth-order valence-electron chi connectivity index (χ4n) is 1.95. The molecule has 2 aromatic carbocycles. The van der Waals surface area contributed by atoms with E-state index in [1.165, 1.54) is 10.5 Å². The topological polar surface area (TPSA) is 17.1 Å². The highest BCUT2D eigenvalue weighted by molar-refractivity contribution is 7.99. The Bertz CT molecular complexity index is 575. The summed E-state index contributed by atoms with van der Waals surface area (Å²) in [5.74, 6) is 0.199. The smallest absolute Gasteiger partial charge is 0.131 e. The van der Waals surface area contributed by atoms with Gasteiger partial charge in [0.1, 0.15) is 5.78 Å². The summed E-state index contributed by atoms with van der Waals surface area (Å²) in [6.45, 7) is 3.71. The van der Waals surface area contributed by atoms with Gasteiger partial charge >= 0.3 is 0 Å². The van der Waals surface area contributed by atoms with Crippen LogP contribution in [0.2, 0.25) is 5.02 Å². The average molecular weight is 305 g/mol. The Balaban J connectivity index is 2.21. The second-order valence-corrected chi connectivity index (χ2v) is 6.59. The van der Waals surface area contributed by atoms with E-state index in [9.17, 15) is 4.79 Å². The van der Waals surface area contributed by atoms with Gasteiger partial charge in [-0.3, -0.25) is 4.79 Å². The molecule has 2 aromatic rings. The number of rotatable bonds is 5. The minimum absolute atomic E-state index is 0.132. The lowest BCUT2D eigenvalue weighted by Crippen LogP contribution is -2.00. The van der Waals surface area contributed by atoms with Crippen LogP contribution in [0.3, 0.4) is 0 Å². The molecule has 0 heterocycles. The van der Waals surface area contributed by atoms with Gasteiger partial charge in [-0.1, -0.05) is 41.4 Å². The van der Waals surface area contributed by atoms with Gasteiger partial charge in [-0.25, -0.2) is 0 Å². The molecule has 0 amide bonds. The molecule has 0 aliphatic carbocycles. The van der Waals surface area contributed by atoms with E-state index in [0.717, 1.165) is 10.6 Å². The third-order valence-corrected chi connectivity index (χ3v) is 4.53. The minimum Gasteiger partial charge on any atom is -0.300 e. The minimum atomic E-state index is 0.132. The van der Waals surface area contributed by atoms with Crippen LogP contribution in [0.1, 0.15) is 29.7 Å². The molecule has 0 radical (unpaired) electrons. The van der Waals surface area contributed by atoms with Crippen molar-refractivity contribution in [2.75, 3.05) is 0 Å². The van der Waals surface area contributed by atoms with Crippen LogP contribution in [0.5, 0.6) is 0 Å². The van der Waals surface area contributed by atoms with Crippen molar-refractivity contribution in [3.05, 3.63) is 64.7 Å². The van der Waals surface area contributed by atoms with E-state index in [-0.39, 0.29) is 11.0 Å². The first kappa shape index (κ1) is 15.1. The molecule has 0 aromatic heterocycles. The molecule has 2 rings (SSSR count). The highest BCUT2D eigenvalue weighted by Crippen LogP contribution is 2.38. The molecule has 20 heavy (non-hydrogen) atoms. The quantitative estimate of drug-likeness (QED) is 0.682. The summed E-state index contributed by atoms with van der Waals surface area (Å²) < 4.78 is 0. The fourth-order valence-corrected chi connectivity index (χ4v) is 3.31. The summed E-state index contributed by atoms with van der Waals surface area (Å²) in [5.41, 5.74) is 2.37. The van der Waals surface area contributed by atoms with Crippen molar-refractivity contribution in [1.29, 1.82) is 0 Å². The maximum absolute atomic E-state index is 11.5. The molecular weight excluding hydrogens is 288 g/mol. The number of carbonyl (C=O) groups excluding carboxylic acids is 1. The summed E-state index contributed by atoms with van der Waals surface area (Å²) in [7, 11) is 0. The molecule has 0 aliphatic heterocycles. The van der Waals surface area contributed by atoms with Crippen molar-refractivity contribution in [1.82, 2.24) is 0 Å². The molecule has 0 fully saturated rings. The molecule has 0 aliphatic rings. The second kappa shape index (κ2) is 6.96. The number of halogens is 1. The molecule has 104 valence electrons. The van der Waals surface area contributed by atoms with Crippen molar-refractivity contribution in [2.45, 2.75) is 30.4 Å². The summed E-state index contributed by atoms with van der Waals surface area (Å²) in [6.07, 6.45) is 0.528. The predicted octanol–water partition coefficient (Wildman–Crippen LogP) is 5.46. The lowest BCUT2D eigenvalue weighted by molar-refractivity contribution is -0.117. The van der Waals surface area contributed by atoms with Crippen LogP contribution in [-0.4, -0.2) is 5.78 Å². The van der Waals surface area contributed by atoms with E-state index in [1.807, 2.05) is 24.3 Å². The van der Waals surface area contributed by atoms with Gasteiger partial charge in [0.05, 0.1) is 0 Å². The van der Waals surface area contributed by atoms with Gasteiger partial charge in [0.2, 0.25) is 0 Å². The largest absolute Gasteiger partial charge is 0.300 e. The van der Waals surface area contributed by atoms with Crippen molar-refractivity contribution < 1.29 is 4.79 Å². The lowest BCUT2D eigenvalue weighted by atomic mass is 10.1. The number of hydrogen-bond acceptors (Lipinski definition) is 2. The molecular formula is C17H17ClOS. The number of ketones is 1. The average Bonchev–Trinajstić information content (AvgIpc) is 2.41. The summed E-state index contributed by atoms with van der Waals surface area (Å²) in [4.78, 5) is 12.7. The third-order valence-electron chi connectivity index (χ3n) is 3.01. The highest BCUT2D eigenvalue weighted by atomic mass is 35.5. The first-order valence-electron chi connectivity index (χ1n) is 6.53. The van der Waals surface area contributed by atoms with Crippen LogP contribution in [0.15, 0.2) is 53.4 Å². The maximum Gasteiger partial charge on any atom is 0.131 e. The van der Waals surface area contributed by atoms with E-state index in [1.54, 1.807) is 18.7 Å². The molecule has 1 unspecified atom stereocenters. The molecule has 0 saturated heterocycles. The number of benzene rings is 2. The van der Waals surface area contributed by atoms with E-state index < -0.39 is 0 Å². The van der Waals surface area contributed by atoms with Crippen LogP contribution >= 0.6 is 23.4 Å². The van der Waals surface area contributed by atoms with Crippen LogP contribution in [-0.2, 0) is 4.79 Å². The third kappa shape index (κ3) is 4.39. The number of aryl methyl sites for hydroxylation is 1. The maximum atomic E-state index is 11.5. The van der Waals surface area contributed by atoms with Gasteiger partial charge in [0.25, 0.3) is 0 Å². The highest BCUT2D eigenvalue weighted by Gasteiger charge is 2.15. The van der Waals surface area contributed by atoms with Crippen LogP contribution in [0.4, 0.5) is 0 Å². The number of hydrogen-bond donors (Lipinski definition) is 0. The van der Waals surface area contributed by atoms with Gasteiger partial charge in [-0.15, -0.1) is 11.8 Å². The molecule has 3 heteroatoms. The first-order valence-corrected chi connectivity index (χ1v) is 7.78. The summed E-state index contributed by atoms with van der Waals surface area (Å²) in [6, 6.07) is 16.1. The number of Topliss-reactive ketones (excluding diaryl/α,β-unsaturated/α-hetero) is 1. The Morgan fingerprint density at radius 2 is 1.70 bits per heavy atom. The molecule has 0 spiro atoms. The summed E-state index contributed by atoms with van der Waals surface area (Å²) in [5, 5.41) is 0.850. The van der Waals surface area contributed by atoms with Crippen molar-refractivity contribution in [2.24, 2.45) is 0 Å². The molecule has 1 atom stereocenters. The zero-order valence-corrected chi connectivity index (χ0v) is 13.2. The van der Waals surface area contributed by atoms with Crippen molar-refractivity contribution in [3.8, 4) is 0 Å². The Hall–Kier alpha value is -1.25. The van der Waals surface area contributed by atoms with Gasteiger partial charge in [-0.2, -0.15) is 0 Å². The Morgan fingerprint density at radius 3 is 2.25 bits per heavy atom. The number of thioether (sulfide) groups is 1. The first-order chi connectivity index (χ1) is 9.54. The van der Waals surface area contributed by atoms with Gasteiger partial charge in [0.15, 0.2) is 0 Å².